The van der Waals surface area contributed by atoms with Crippen LogP contribution in [0.3, 0.4) is 0 Å². The molecule has 0 aliphatic carbocycles. The summed E-state index contributed by atoms with van der Waals surface area (Å²) in [6.45, 7) is 2.03. The van der Waals surface area contributed by atoms with Gasteiger partial charge in [-0.2, -0.15) is 11.3 Å². The van der Waals surface area contributed by atoms with Gasteiger partial charge < -0.3 is 5.32 Å². The normalized spacial score (nSPS) is 12.7. The standard InChI is InChI=1S/C13H13BrClNS/c1-8-5-9(3-4-12(8)15)13(16-2)10-6-17-7-11(10)14/h3-7,13,16H,1-2H3. The molecule has 1 heterocycles. The topological polar surface area (TPSA) is 12.0 Å². The Morgan fingerprint density at radius 3 is 2.65 bits per heavy atom. The first-order valence-electron chi connectivity index (χ1n) is 5.28. The quantitative estimate of drug-likeness (QED) is 0.854. The molecule has 1 atom stereocenters. The molecule has 0 radical (unpaired) electrons. The smallest absolute Gasteiger partial charge is 0.0593 e. The van der Waals surface area contributed by atoms with Crippen molar-refractivity contribution < 1.29 is 0 Å². The largest absolute Gasteiger partial charge is 0.309 e. The van der Waals surface area contributed by atoms with Gasteiger partial charge in [0.05, 0.1) is 6.04 Å². The van der Waals surface area contributed by atoms with E-state index in [1.807, 2.05) is 20.0 Å². The Bertz CT molecular complexity index is 524. The number of benzene rings is 1. The van der Waals surface area contributed by atoms with Crippen molar-refractivity contribution in [2.45, 2.75) is 13.0 Å². The van der Waals surface area contributed by atoms with Crippen molar-refractivity contribution in [1.82, 2.24) is 5.32 Å². The maximum Gasteiger partial charge on any atom is 0.0593 e. The molecule has 1 nitrogen and oxygen atoms in total. The monoisotopic (exact) mass is 329 g/mol. The van der Waals surface area contributed by atoms with Gasteiger partial charge in [0.1, 0.15) is 0 Å². The molecule has 0 spiro atoms. The van der Waals surface area contributed by atoms with Gasteiger partial charge in [-0.05, 0) is 58.0 Å². The molecule has 1 aromatic heterocycles. The highest BCUT2D eigenvalue weighted by atomic mass is 79.9. The van der Waals surface area contributed by atoms with Gasteiger partial charge in [0.25, 0.3) is 0 Å². The van der Waals surface area contributed by atoms with Crippen LogP contribution in [0.5, 0.6) is 0 Å². The number of halogens is 2. The molecule has 1 N–H and O–H groups in total. The summed E-state index contributed by atoms with van der Waals surface area (Å²) < 4.78 is 1.15. The molecule has 4 heteroatoms. The van der Waals surface area contributed by atoms with Crippen LogP contribution in [0.25, 0.3) is 0 Å². The van der Waals surface area contributed by atoms with Crippen molar-refractivity contribution in [3.05, 3.63) is 55.1 Å². The van der Waals surface area contributed by atoms with Crippen molar-refractivity contribution in [3.8, 4) is 0 Å². The van der Waals surface area contributed by atoms with Gasteiger partial charge in [-0.3, -0.25) is 0 Å². The molecule has 0 fully saturated rings. The third kappa shape index (κ3) is 2.74. The van der Waals surface area contributed by atoms with Crippen LogP contribution < -0.4 is 5.32 Å². The van der Waals surface area contributed by atoms with E-state index in [0.29, 0.717) is 0 Å². The van der Waals surface area contributed by atoms with E-state index in [4.69, 9.17) is 11.6 Å². The van der Waals surface area contributed by atoms with Crippen LogP contribution in [0, 0.1) is 6.92 Å². The lowest BCUT2D eigenvalue weighted by Crippen LogP contribution is -2.17. The molecule has 1 unspecified atom stereocenters. The Balaban J connectivity index is 2.42. The van der Waals surface area contributed by atoms with E-state index in [-0.39, 0.29) is 6.04 Å². The summed E-state index contributed by atoms with van der Waals surface area (Å²) in [7, 11) is 1.97. The van der Waals surface area contributed by atoms with Crippen LogP contribution >= 0.6 is 38.9 Å². The number of rotatable bonds is 3. The molecular weight excluding hydrogens is 318 g/mol. The fourth-order valence-electron chi connectivity index (χ4n) is 1.85. The third-order valence-electron chi connectivity index (χ3n) is 2.76. The summed E-state index contributed by atoms with van der Waals surface area (Å²) in [5.74, 6) is 0. The molecule has 90 valence electrons. The van der Waals surface area contributed by atoms with E-state index in [1.165, 1.54) is 11.1 Å². The maximum absolute atomic E-state index is 6.06. The average Bonchev–Trinajstić information content (AvgIpc) is 2.71. The molecule has 0 bridgehead atoms. The molecule has 0 saturated carbocycles. The number of aryl methyl sites for hydroxylation is 1. The van der Waals surface area contributed by atoms with Gasteiger partial charge in [0, 0.05) is 14.9 Å². The predicted octanol–water partition coefficient (Wildman–Crippen LogP) is 4.78. The molecule has 1 aromatic carbocycles. The Kier molecular flexibility index (Phi) is 4.26. The van der Waals surface area contributed by atoms with Crippen molar-refractivity contribution in [2.24, 2.45) is 0 Å². The molecule has 2 aromatic rings. The Labute approximate surface area is 119 Å². The van der Waals surface area contributed by atoms with Gasteiger partial charge in [-0.1, -0.05) is 23.7 Å². The summed E-state index contributed by atoms with van der Waals surface area (Å²) in [6, 6.07) is 6.36. The van der Waals surface area contributed by atoms with Crippen LogP contribution in [0.15, 0.2) is 33.4 Å². The van der Waals surface area contributed by atoms with Gasteiger partial charge >= 0.3 is 0 Å². The van der Waals surface area contributed by atoms with Crippen LogP contribution in [-0.2, 0) is 0 Å². The van der Waals surface area contributed by atoms with Crippen LogP contribution in [0.4, 0.5) is 0 Å². The van der Waals surface area contributed by atoms with Crippen molar-refractivity contribution in [1.29, 1.82) is 0 Å². The highest BCUT2D eigenvalue weighted by Gasteiger charge is 2.16. The van der Waals surface area contributed by atoms with Crippen molar-refractivity contribution in [3.63, 3.8) is 0 Å². The fraction of sp³-hybridized carbons (Fsp3) is 0.231. The zero-order valence-electron chi connectivity index (χ0n) is 9.63. The minimum absolute atomic E-state index is 0.201. The van der Waals surface area contributed by atoms with Crippen molar-refractivity contribution in [2.75, 3.05) is 7.05 Å². The highest BCUT2D eigenvalue weighted by molar-refractivity contribution is 9.10. The van der Waals surface area contributed by atoms with Crippen LogP contribution in [0.2, 0.25) is 5.02 Å². The van der Waals surface area contributed by atoms with Gasteiger partial charge in [-0.15, -0.1) is 0 Å². The van der Waals surface area contributed by atoms with E-state index in [1.54, 1.807) is 11.3 Å². The summed E-state index contributed by atoms with van der Waals surface area (Å²) >= 11 is 11.3. The third-order valence-corrected chi connectivity index (χ3v) is 4.93. The molecular formula is C13H13BrClNS. The van der Waals surface area contributed by atoms with E-state index in [9.17, 15) is 0 Å². The molecule has 0 saturated heterocycles. The van der Waals surface area contributed by atoms with E-state index < -0.39 is 0 Å². The zero-order valence-corrected chi connectivity index (χ0v) is 12.8. The number of hydrogen-bond acceptors (Lipinski definition) is 2. The number of thiophene rings is 1. The fourth-order valence-corrected chi connectivity index (χ4v) is 3.52. The lowest BCUT2D eigenvalue weighted by molar-refractivity contribution is 0.691. The zero-order chi connectivity index (χ0) is 12.4. The Hall–Kier alpha value is -0.350. The van der Waals surface area contributed by atoms with E-state index in [2.05, 4.69) is 44.1 Å². The summed E-state index contributed by atoms with van der Waals surface area (Å²) in [4.78, 5) is 0. The van der Waals surface area contributed by atoms with Crippen molar-refractivity contribution >= 4 is 38.9 Å². The lowest BCUT2D eigenvalue weighted by Gasteiger charge is -2.17. The van der Waals surface area contributed by atoms with Gasteiger partial charge in [0.2, 0.25) is 0 Å². The minimum Gasteiger partial charge on any atom is -0.309 e. The average molecular weight is 331 g/mol. The number of hydrogen-bond donors (Lipinski definition) is 1. The molecule has 0 aliphatic heterocycles. The van der Waals surface area contributed by atoms with Gasteiger partial charge in [-0.25, -0.2) is 0 Å². The first kappa shape index (κ1) is 13.1. The highest BCUT2D eigenvalue weighted by Crippen LogP contribution is 2.32. The van der Waals surface area contributed by atoms with Crippen LogP contribution in [-0.4, -0.2) is 7.05 Å². The second-order valence-corrected chi connectivity index (χ2v) is 5.91. The Morgan fingerprint density at radius 2 is 2.12 bits per heavy atom. The first-order chi connectivity index (χ1) is 8.13. The summed E-state index contributed by atoms with van der Waals surface area (Å²) in [5, 5.41) is 8.42. The lowest BCUT2D eigenvalue weighted by atomic mass is 10.00. The SMILES string of the molecule is CNC(c1ccc(Cl)c(C)c1)c1cscc1Br. The second-order valence-electron chi connectivity index (χ2n) is 3.91. The Morgan fingerprint density at radius 1 is 1.35 bits per heavy atom. The molecule has 0 amide bonds. The molecule has 2 rings (SSSR count). The predicted molar refractivity (Wildman–Crippen MR) is 79.1 cm³/mol. The van der Waals surface area contributed by atoms with E-state index >= 15 is 0 Å². The maximum atomic E-state index is 6.06. The number of nitrogens with one attached hydrogen (secondary N) is 1. The summed E-state index contributed by atoms with van der Waals surface area (Å²) in [5.41, 5.74) is 3.60. The molecule has 0 aliphatic rings. The van der Waals surface area contributed by atoms with Gasteiger partial charge in [0.15, 0.2) is 0 Å². The second kappa shape index (κ2) is 5.53. The van der Waals surface area contributed by atoms with Crippen LogP contribution in [0.1, 0.15) is 22.7 Å². The van der Waals surface area contributed by atoms with E-state index in [0.717, 1.165) is 15.1 Å². The summed E-state index contributed by atoms with van der Waals surface area (Å²) in [6.07, 6.45) is 0. The minimum atomic E-state index is 0.201. The first-order valence-corrected chi connectivity index (χ1v) is 7.39. The molecule has 17 heavy (non-hydrogen) atoms.